The number of hydrogen-bond donors (Lipinski definition) is 4. The van der Waals surface area contributed by atoms with Gasteiger partial charge in [0.25, 0.3) is 11.7 Å². The van der Waals surface area contributed by atoms with E-state index in [2.05, 4.69) is 0 Å². The highest BCUT2D eigenvalue weighted by molar-refractivity contribution is 6.39. The van der Waals surface area contributed by atoms with Crippen molar-refractivity contribution in [2.75, 3.05) is 41.0 Å². The van der Waals surface area contributed by atoms with Gasteiger partial charge in [0, 0.05) is 62.6 Å². The van der Waals surface area contributed by atoms with Crippen LogP contribution in [-0.4, -0.2) is 156 Å². The average molecular weight is 1040 g/mol. The smallest absolute Gasteiger partial charge is 0.329 e. The topological polar surface area (TPSA) is 242 Å². The maximum absolute atomic E-state index is 14.6. The van der Waals surface area contributed by atoms with Gasteiger partial charge in [-0.05, 0) is 114 Å². The Morgan fingerprint density at radius 2 is 1.62 bits per heavy atom. The number of ether oxygens (including phenoxy) is 6. The SMILES string of the molecule is [2H][13C]([2H])([2H])C(C(=O)O[C@@H]1CC[C@@H](C[C@@H](C)[C@@H]2CC(=O)[C@H](C)/C=C(\C)[C@@H](O)[C@@H](OC)C(=O)[C@H](C)C[C@H](C)C=CC=CC=C(C)[C@@H](OC)C[C@@H]3CC[C@@H](C)[C@@](O)(O3)C(=O)C(=O)N3CCCC[C@H]3C(=O)O2)C[C@H]1OC)([13C]([2H])([2H])O)[13C]([2H])([2H])O. The third-order valence-electron chi connectivity index (χ3n) is 15.4. The number of amides is 1. The van der Waals surface area contributed by atoms with Crippen LogP contribution in [0.15, 0.2) is 47.6 Å². The van der Waals surface area contributed by atoms with E-state index >= 15 is 0 Å². The minimum absolute atomic E-state index is 0.0344. The van der Waals surface area contributed by atoms with E-state index in [1.807, 2.05) is 44.2 Å². The molecule has 0 aromatic carbocycles. The quantitative estimate of drug-likeness (QED) is 0.0885. The molecule has 2 bridgehead atoms. The minimum atomic E-state index is -4.14. The van der Waals surface area contributed by atoms with Gasteiger partial charge in [-0.1, -0.05) is 71.1 Å². The van der Waals surface area contributed by atoms with E-state index in [4.69, 9.17) is 38.0 Å². The summed E-state index contributed by atoms with van der Waals surface area (Å²) < 4.78 is 89.7. The van der Waals surface area contributed by atoms with Crippen molar-refractivity contribution in [3.63, 3.8) is 0 Å². The van der Waals surface area contributed by atoms with Gasteiger partial charge in [-0.25, -0.2) is 4.79 Å². The zero-order valence-corrected chi connectivity index (χ0v) is 44.4. The Balaban J connectivity index is 1.72. The summed E-state index contributed by atoms with van der Waals surface area (Å²) in [6.45, 7) is -0.202. The van der Waals surface area contributed by atoms with E-state index in [0.717, 1.165) is 10.5 Å². The summed E-state index contributed by atoms with van der Waals surface area (Å²) in [5, 5.41) is 44.2. The van der Waals surface area contributed by atoms with Crippen molar-refractivity contribution in [1.82, 2.24) is 4.90 Å². The molecule has 4 rings (SSSR count). The Morgan fingerprint density at radius 3 is 2.26 bits per heavy atom. The lowest BCUT2D eigenvalue weighted by molar-refractivity contribution is -0.265. The maximum atomic E-state index is 14.6. The molecule has 2 saturated heterocycles. The van der Waals surface area contributed by atoms with E-state index in [-0.39, 0.29) is 74.7 Å². The predicted octanol–water partition coefficient (Wildman–Crippen LogP) is 5.72. The summed E-state index contributed by atoms with van der Waals surface area (Å²) in [5.74, 6) is -11.9. The molecule has 0 spiro atoms. The number of allylic oxidation sites excluding steroid dienone is 6. The van der Waals surface area contributed by atoms with Gasteiger partial charge in [0.1, 0.15) is 41.7 Å². The minimum Gasteiger partial charge on any atom is -0.460 e. The van der Waals surface area contributed by atoms with Crippen LogP contribution in [0.2, 0.25) is 0 Å². The molecule has 73 heavy (non-hydrogen) atoms. The normalized spacial score (nSPS) is 37.8. The van der Waals surface area contributed by atoms with Crippen LogP contribution in [0.1, 0.15) is 142 Å². The number of esters is 2. The number of aliphatic hydroxyl groups is 4. The third-order valence-corrected chi connectivity index (χ3v) is 15.4. The Hall–Kier alpha value is -3.94. The van der Waals surface area contributed by atoms with Crippen molar-refractivity contribution in [3.05, 3.63) is 47.6 Å². The molecule has 1 amide bonds. The van der Waals surface area contributed by atoms with Crippen LogP contribution in [0.3, 0.4) is 0 Å². The van der Waals surface area contributed by atoms with Crippen molar-refractivity contribution in [2.24, 2.45) is 40.9 Å². The van der Waals surface area contributed by atoms with Gasteiger partial charge in [-0.3, -0.25) is 24.0 Å². The summed E-state index contributed by atoms with van der Waals surface area (Å²) in [4.78, 5) is 86.2. The second-order valence-corrected chi connectivity index (χ2v) is 20.9. The summed E-state index contributed by atoms with van der Waals surface area (Å²) in [7, 11) is 4.11. The lowest BCUT2D eigenvalue weighted by atomic mass is 9.78. The summed E-state index contributed by atoms with van der Waals surface area (Å²) >= 11 is 0. The molecule has 15 atom stereocenters. The van der Waals surface area contributed by atoms with Crippen molar-refractivity contribution >= 4 is 35.2 Å². The standard InChI is InChI=1S/C56H87NO16/c1-33-17-13-12-14-18-34(2)45(68-9)29-41-22-20-39(7)56(67,73-41)51(63)52(64)57-24-16-15-19-42(57)53(65)71-46(30-43(60)35(3)26-38(6)49(62)50(70-11)48(61)37(5)25-33)36(4)27-40-21-23-44(47(28-40)69-10)72-54(66)55(8,31-58)32-59/h12-14,17-18,26,33,35-37,39-42,44-47,49-50,58-59,62,67H,15-16,19-25,27-32H2,1-11H3/b14-12?,17-13?,34-18?,38-26+/t33-,35-,36-,37-,39-,40+,41+,42+,44-,45+,46+,47-,49-,50+,56-/m1/s1/i8+1D3,31+1D2,32+1D2. The fourth-order valence-electron chi connectivity index (χ4n) is 10.6. The number of nitrogens with zero attached hydrogens (tertiary/aromatic N) is 1. The first-order valence-corrected chi connectivity index (χ1v) is 25.8. The highest BCUT2D eigenvalue weighted by Gasteiger charge is 2.53. The zero-order valence-electron chi connectivity index (χ0n) is 51.4. The molecule has 0 aromatic heterocycles. The number of aliphatic hydroxyl groups excluding tert-OH is 1. The lowest BCUT2D eigenvalue weighted by Crippen LogP contribution is -2.61. The molecule has 0 radical (unpaired) electrons. The molecular formula is C56H87NO16. The molecule has 17 heteroatoms. The molecule has 4 N–H and O–H groups in total. The number of cyclic esters (lactones) is 1. The third kappa shape index (κ3) is 16.0. The molecule has 3 aliphatic heterocycles. The fourth-order valence-corrected chi connectivity index (χ4v) is 10.6. The van der Waals surface area contributed by atoms with Crippen LogP contribution in [0.4, 0.5) is 0 Å². The molecule has 3 fully saturated rings. The van der Waals surface area contributed by atoms with Crippen LogP contribution < -0.4 is 0 Å². The highest BCUT2D eigenvalue weighted by Crippen LogP contribution is 2.38. The summed E-state index contributed by atoms with van der Waals surface area (Å²) in [6, 6.07) is -1.31. The number of hydrogen-bond acceptors (Lipinski definition) is 16. The van der Waals surface area contributed by atoms with Crippen LogP contribution in [-0.2, 0) is 57.2 Å². The maximum Gasteiger partial charge on any atom is 0.329 e. The van der Waals surface area contributed by atoms with Crippen molar-refractivity contribution in [2.45, 2.75) is 187 Å². The van der Waals surface area contributed by atoms with Crippen LogP contribution in [0.5, 0.6) is 0 Å². The molecule has 1 saturated carbocycles. The monoisotopic (exact) mass is 1040 g/mol. The second-order valence-electron chi connectivity index (χ2n) is 20.9. The Bertz CT molecular complexity index is 2260. The number of fused-ring (bicyclic) bond motifs is 3. The molecule has 412 valence electrons. The molecule has 3 heterocycles. The van der Waals surface area contributed by atoms with Gasteiger partial charge in [0.2, 0.25) is 5.79 Å². The van der Waals surface area contributed by atoms with Crippen LogP contribution in [0.25, 0.3) is 0 Å². The first-order chi connectivity index (χ1) is 37.1. The van der Waals surface area contributed by atoms with E-state index in [9.17, 15) is 49.2 Å². The Labute approximate surface area is 442 Å². The van der Waals surface area contributed by atoms with Crippen molar-refractivity contribution in [1.29, 1.82) is 0 Å². The van der Waals surface area contributed by atoms with Gasteiger partial charge >= 0.3 is 11.9 Å². The van der Waals surface area contributed by atoms with E-state index in [0.29, 0.717) is 32.1 Å². The highest BCUT2D eigenvalue weighted by atomic mass is 16.6. The first-order valence-electron chi connectivity index (χ1n) is 29.3. The number of carbonyl (C=O) groups is 6. The average Bonchev–Trinajstić information content (AvgIpc) is 3.36. The zero-order chi connectivity index (χ0) is 60.5. The summed E-state index contributed by atoms with van der Waals surface area (Å²) in [6.07, 6.45) is 5.99. The Morgan fingerprint density at radius 1 is 0.904 bits per heavy atom. The largest absolute Gasteiger partial charge is 0.460 e. The number of piperidine rings is 1. The van der Waals surface area contributed by atoms with Gasteiger partial charge in [0.05, 0.1) is 36.9 Å². The number of ketones is 3. The Kier molecular flexibility index (Phi) is 19.8. The van der Waals surface area contributed by atoms with E-state index < -0.39 is 133 Å². The van der Waals surface area contributed by atoms with Gasteiger partial charge in [-0.2, -0.15) is 0 Å². The molecule has 0 unspecified atom stereocenters. The number of methoxy groups -OCH3 is 3. The van der Waals surface area contributed by atoms with Crippen LogP contribution in [0, 0.1) is 40.9 Å². The first kappa shape index (κ1) is 51.2. The van der Waals surface area contributed by atoms with Crippen molar-refractivity contribution in [3.8, 4) is 0 Å². The molecule has 0 aromatic rings. The fraction of sp³-hybridized carbons (Fsp3) is 0.750. The predicted molar refractivity (Wildman–Crippen MR) is 271 cm³/mol. The number of carbonyl (C=O) groups excluding carboxylic acids is 6. The molecular weight excluding hydrogens is 946 g/mol. The lowest BCUT2D eigenvalue weighted by Gasteiger charge is -2.42. The van der Waals surface area contributed by atoms with Crippen molar-refractivity contribution < 1.29 is 87.2 Å². The van der Waals surface area contributed by atoms with E-state index in [1.165, 1.54) is 27.4 Å². The van der Waals surface area contributed by atoms with Gasteiger partial charge in [0.15, 0.2) is 5.78 Å². The molecule has 17 nitrogen and oxygen atoms in total. The number of Topliss-reactive ketones (excluding diaryl/α,β-unsaturated/α-hetero) is 3. The van der Waals surface area contributed by atoms with Gasteiger partial charge < -0.3 is 53.7 Å². The van der Waals surface area contributed by atoms with Gasteiger partial charge in [-0.15, -0.1) is 0 Å². The molecule has 4 aliphatic rings. The molecule has 1 aliphatic carbocycles. The number of rotatable bonds is 10. The van der Waals surface area contributed by atoms with Crippen LogP contribution >= 0.6 is 0 Å². The van der Waals surface area contributed by atoms with E-state index in [1.54, 1.807) is 34.6 Å². The summed E-state index contributed by atoms with van der Waals surface area (Å²) in [5.41, 5.74) is -3.00. The second kappa shape index (κ2) is 28.3.